The van der Waals surface area contributed by atoms with Crippen molar-refractivity contribution in [3.63, 3.8) is 0 Å². The van der Waals surface area contributed by atoms with Crippen molar-refractivity contribution in [2.45, 2.75) is 45.2 Å². The number of halogens is 1. The molecule has 0 aliphatic carbocycles. The molecule has 0 saturated carbocycles. The average Bonchev–Trinajstić information content (AvgIpc) is 2.59. The van der Waals surface area contributed by atoms with E-state index in [1.807, 2.05) is 11.8 Å². The van der Waals surface area contributed by atoms with Gasteiger partial charge >= 0.3 is 0 Å². The zero-order valence-corrected chi connectivity index (χ0v) is 14.1. The minimum atomic E-state index is -0.286. The zero-order chi connectivity index (χ0) is 17.5. The molecule has 132 valence electrons. The number of hydrogen-bond acceptors (Lipinski definition) is 3. The van der Waals surface area contributed by atoms with Crippen molar-refractivity contribution in [1.29, 1.82) is 0 Å². The quantitative estimate of drug-likeness (QED) is 0.832. The van der Waals surface area contributed by atoms with E-state index in [9.17, 15) is 14.0 Å². The van der Waals surface area contributed by atoms with Gasteiger partial charge in [0.25, 0.3) is 0 Å². The number of carbonyl (C=O) groups is 2. The Morgan fingerprint density at radius 3 is 2.50 bits per heavy atom. The number of nitrogens with two attached hydrogens (primary N) is 1. The predicted octanol–water partition coefficient (Wildman–Crippen LogP) is 1.81. The highest BCUT2D eigenvalue weighted by Gasteiger charge is 2.26. The van der Waals surface area contributed by atoms with Crippen molar-refractivity contribution in [2.24, 2.45) is 11.7 Å². The summed E-state index contributed by atoms with van der Waals surface area (Å²) in [6, 6.07) is 6.12. The molecule has 6 heteroatoms. The molecule has 0 radical (unpaired) electrons. The van der Waals surface area contributed by atoms with E-state index in [1.54, 1.807) is 12.1 Å². The summed E-state index contributed by atoms with van der Waals surface area (Å²) in [6.45, 7) is 3.52. The first-order valence-electron chi connectivity index (χ1n) is 8.51. The van der Waals surface area contributed by atoms with E-state index in [-0.39, 0.29) is 29.6 Å². The highest BCUT2D eigenvalue weighted by molar-refractivity contribution is 5.80. The predicted molar refractivity (Wildman–Crippen MR) is 90.4 cm³/mol. The number of amides is 2. The third kappa shape index (κ3) is 5.60. The Labute approximate surface area is 142 Å². The SMILES string of the molecule is CC(N)CCC(=O)N1CCC(C(=O)NCc2ccc(F)cc2)CC1. The van der Waals surface area contributed by atoms with E-state index < -0.39 is 0 Å². The molecule has 1 fully saturated rings. The third-order valence-corrected chi connectivity index (χ3v) is 4.41. The maximum absolute atomic E-state index is 12.9. The van der Waals surface area contributed by atoms with Crippen molar-refractivity contribution in [2.75, 3.05) is 13.1 Å². The van der Waals surface area contributed by atoms with E-state index in [0.29, 0.717) is 45.3 Å². The van der Waals surface area contributed by atoms with Crippen LogP contribution in [0.3, 0.4) is 0 Å². The van der Waals surface area contributed by atoms with Gasteiger partial charge in [-0.2, -0.15) is 0 Å². The van der Waals surface area contributed by atoms with Gasteiger partial charge in [0.1, 0.15) is 5.82 Å². The highest BCUT2D eigenvalue weighted by atomic mass is 19.1. The van der Waals surface area contributed by atoms with Crippen LogP contribution in [0.5, 0.6) is 0 Å². The Morgan fingerprint density at radius 1 is 1.29 bits per heavy atom. The molecule has 1 aliphatic heterocycles. The van der Waals surface area contributed by atoms with Crippen molar-refractivity contribution < 1.29 is 14.0 Å². The lowest BCUT2D eigenvalue weighted by atomic mass is 9.95. The summed E-state index contributed by atoms with van der Waals surface area (Å²) in [5.74, 6) is -0.228. The van der Waals surface area contributed by atoms with E-state index >= 15 is 0 Å². The van der Waals surface area contributed by atoms with Crippen LogP contribution in [0.4, 0.5) is 4.39 Å². The van der Waals surface area contributed by atoms with Crippen LogP contribution in [0.25, 0.3) is 0 Å². The number of hydrogen-bond donors (Lipinski definition) is 2. The molecule has 1 unspecified atom stereocenters. The summed E-state index contributed by atoms with van der Waals surface area (Å²) < 4.78 is 12.9. The summed E-state index contributed by atoms with van der Waals surface area (Å²) in [5.41, 5.74) is 6.55. The van der Waals surface area contributed by atoms with Gasteiger partial charge in [-0.05, 0) is 43.9 Å². The maximum atomic E-state index is 12.9. The van der Waals surface area contributed by atoms with Gasteiger partial charge in [-0.1, -0.05) is 12.1 Å². The van der Waals surface area contributed by atoms with Crippen LogP contribution in [0.1, 0.15) is 38.2 Å². The number of carbonyl (C=O) groups excluding carboxylic acids is 2. The van der Waals surface area contributed by atoms with Crippen LogP contribution in [0, 0.1) is 11.7 Å². The second kappa shape index (κ2) is 8.78. The van der Waals surface area contributed by atoms with Gasteiger partial charge in [-0.25, -0.2) is 4.39 Å². The van der Waals surface area contributed by atoms with Crippen LogP contribution < -0.4 is 11.1 Å². The molecule has 1 aliphatic rings. The van der Waals surface area contributed by atoms with Crippen molar-refractivity contribution in [3.8, 4) is 0 Å². The second-order valence-corrected chi connectivity index (χ2v) is 6.52. The Hall–Kier alpha value is -1.95. The Morgan fingerprint density at radius 2 is 1.92 bits per heavy atom. The van der Waals surface area contributed by atoms with Crippen LogP contribution in [-0.4, -0.2) is 35.8 Å². The van der Waals surface area contributed by atoms with Crippen LogP contribution >= 0.6 is 0 Å². The molecule has 0 bridgehead atoms. The monoisotopic (exact) mass is 335 g/mol. The summed E-state index contributed by atoms with van der Waals surface area (Å²) in [5, 5.41) is 2.89. The minimum absolute atomic E-state index is 0.00186. The molecule has 1 heterocycles. The number of nitrogens with one attached hydrogen (secondary N) is 1. The third-order valence-electron chi connectivity index (χ3n) is 4.41. The minimum Gasteiger partial charge on any atom is -0.352 e. The molecule has 1 aromatic carbocycles. The topological polar surface area (TPSA) is 75.4 Å². The molecule has 2 amide bonds. The molecule has 1 saturated heterocycles. The molecular formula is C18H26FN3O2. The van der Waals surface area contributed by atoms with Crippen molar-refractivity contribution in [1.82, 2.24) is 10.2 Å². The standard InChI is InChI=1S/C18H26FN3O2/c1-13(20)2-7-17(23)22-10-8-15(9-11-22)18(24)21-12-14-3-5-16(19)6-4-14/h3-6,13,15H,2,7-12,20H2,1H3,(H,21,24). The number of benzene rings is 1. The fraction of sp³-hybridized carbons (Fsp3) is 0.556. The largest absolute Gasteiger partial charge is 0.352 e. The first-order chi connectivity index (χ1) is 11.5. The fourth-order valence-electron chi connectivity index (χ4n) is 2.84. The van der Waals surface area contributed by atoms with Crippen LogP contribution in [0.15, 0.2) is 24.3 Å². The summed E-state index contributed by atoms with van der Waals surface area (Å²) in [7, 11) is 0. The number of nitrogens with zero attached hydrogens (tertiary/aromatic N) is 1. The first kappa shape index (κ1) is 18.4. The van der Waals surface area contributed by atoms with Gasteiger partial charge < -0.3 is 16.0 Å². The molecule has 1 aromatic rings. The number of piperidine rings is 1. The number of likely N-dealkylation sites (tertiary alicyclic amines) is 1. The zero-order valence-electron chi connectivity index (χ0n) is 14.1. The Bertz CT molecular complexity index is 552. The molecule has 5 nitrogen and oxygen atoms in total. The summed E-state index contributed by atoms with van der Waals surface area (Å²) in [6.07, 6.45) is 2.52. The van der Waals surface area contributed by atoms with Gasteiger partial charge in [-0.15, -0.1) is 0 Å². The normalized spacial score (nSPS) is 16.7. The molecule has 2 rings (SSSR count). The summed E-state index contributed by atoms with van der Waals surface area (Å²) in [4.78, 5) is 26.1. The molecule has 3 N–H and O–H groups in total. The molecule has 0 spiro atoms. The van der Waals surface area contributed by atoms with Gasteiger partial charge in [0.2, 0.25) is 11.8 Å². The second-order valence-electron chi connectivity index (χ2n) is 6.52. The van der Waals surface area contributed by atoms with Gasteiger partial charge in [-0.3, -0.25) is 9.59 Å². The first-order valence-corrected chi connectivity index (χ1v) is 8.51. The van der Waals surface area contributed by atoms with Gasteiger partial charge in [0.15, 0.2) is 0 Å². The fourth-order valence-corrected chi connectivity index (χ4v) is 2.84. The molecule has 24 heavy (non-hydrogen) atoms. The lowest BCUT2D eigenvalue weighted by Gasteiger charge is -2.31. The Kier molecular flexibility index (Phi) is 6.73. The van der Waals surface area contributed by atoms with E-state index in [0.717, 1.165) is 5.56 Å². The molecule has 0 aromatic heterocycles. The van der Waals surface area contributed by atoms with Crippen LogP contribution in [0.2, 0.25) is 0 Å². The average molecular weight is 335 g/mol. The lowest BCUT2D eigenvalue weighted by molar-refractivity contribution is -0.135. The number of rotatable bonds is 6. The Balaban J connectivity index is 1.72. The smallest absolute Gasteiger partial charge is 0.223 e. The van der Waals surface area contributed by atoms with E-state index in [1.165, 1.54) is 12.1 Å². The van der Waals surface area contributed by atoms with Crippen molar-refractivity contribution in [3.05, 3.63) is 35.6 Å². The van der Waals surface area contributed by atoms with Crippen LogP contribution in [-0.2, 0) is 16.1 Å². The highest BCUT2D eigenvalue weighted by Crippen LogP contribution is 2.18. The lowest BCUT2D eigenvalue weighted by Crippen LogP contribution is -2.43. The molecule has 1 atom stereocenters. The molecular weight excluding hydrogens is 309 g/mol. The maximum Gasteiger partial charge on any atom is 0.223 e. The van der Waals surface area contributed by atoms with Crippen molar-refractivity contribution >= 4 is 11.8 Å². The van der Waals surface area contributed by atoms with E-state index in [2.05, 4.69) is 5.32 Å². The van der Waals surface area contributed by atoms with Gasteiger partial charge in [0.05, 0.1) is 0 Å². The van der Waals surface area contributed by atoms with Gasteiger partial charge in [0, 0.05) is 38.0 Å². The summed E-state index contributed by atoms with van der Waals surface area (Å²) >= 11 is 0. The van der Waals surface area contributed by atoms with E-state index in [4.69, 9.17) is 5.73 Å².